The highest BCUT2D eigenvalue weighted by molar-refractivity contribution is 5.67. The number of imidazole rings is 1. The smallest absolute Gasteiger partial charge is 0.407 e. The van der Waals surface area contributed by atoms with Gasteiger partial charge in [-0.3, -0.25) is 0 Å². The van der Waals surface area contributed by atoms with Crippen LogP contribution in [0.4, 0.5) is 4.79 Å². The highest BCUT2D eigenvalue weighted by Gasteiger charge is 2.31. The molecule has 6 heteroatoms. The van der Waals surface area contributed by atoms with Crippen LogP contribution in [0.2, 0.25) is 0 Å². The molecule has 1 aliphatic carbocycles. The van der Waals surface area contributed by atoms with E-state index in [1.54, 1.807) is 7.11 Å². The first-order valence-electron chi connectivity index (χ1n) is 7.39. The molecule has 1 N–H and O–H groups in total. The molecule has 1 aromatic rings. The van der Waals surface area contributed by atoms with E-state index in [0.29, 0.717) is 18.7 Å². The van der Waals surface area contributed by atoms with Gasteiger partial charge in [0, 0.05) is 38.0 Å². The van der Waals surface area contributed by atoms with Crippen LogP contribution in [0, 0.1) is 0 Å². The standard InChI is InChI=1S/C15H25N3O3/c1-15(2,3)21-14(19)17-6-5-11-9-16-10-18(11)12-7-13(8-12)20-4/h9-10,12-13H,5-8H2,1-4H3,(H,17,19). The monoisotopic (exact) mass is 295 g/mol. The molecule has 1 saturated carbocycles. The Labute approximate surface area is 125 Å². The van der Waals surface area contributed by atoms with Crippen LogP contribution in [0.1, 0.15) is 45.3 Å². The number of alkyl carbamates (subject to hydrolysis) is 1. The molecule has 0 aromatic carbocycles. The summed E-state index contributed by atoms with van der Waals surface area (Å²) in [5, 5.41) is 2.77. The van der Waals surface area contributed by atoms with Crippen molar-refractivity contribution < 1.29 is 14.3 Å². The predicted molar refractivity (Wildman–Crippen MR) is 79.2 cm³/mol. The lowest BCUT2D eigenvalue weighted by molar-refractivity contribution is 0.00544. The van der Waals surface area contributed by atoms with Gasteiger partial charge in [-0.25, -0.2) is 9.78 Å². The van der Waals surface area contributed by atoms with Crippen LogP contribution in [0.25, 0.3) is 0 Å². The van der Waals surface area contributed by atoms with E-state index in [-0.39, 0.29) is 6.09 Å². The fourth-order valence-electron chi connectivity index (χ4n) is 2.42. The molecule has 0 bridgehead atoms. The summed E-state index contributed by atoms with van der Waals surface area (Å²) in [5.41, 5.74) is 0.665. The van der Waals surface area contributed by atoms with Crippen LogP contribution in [-0.2, 0) is 15.9 Å². The summed E-state index contributed by atoms with van der Waals surface area (Å²) in [6.45, 7) is 6.10. The van der Waals surface area contributed by atoms with Crippen LogP contribution < -0.4 is 5.32 Å². The van der Waals surface area contributed by atoms with Crippen LogP contribution >= 0.6 is 0 Å². The minimum Gasteiger partial charge on any atom is -0.444 e. The molecule has 0 spiro atoms. The number of ether oxygens (including phenoxy) is 2. The number of hydrogen-bond donors (Lipinski definition) is 1. The van der Waals surface area contributed by atoms with Gasteiger partial charge in [0.05, 0.1) is 12.4 Å². The number of hydrogen-bond acceptors (Lipinski definition) is 4. The van der Waals surface area contributed by atoms with E-state index >= 15 is 0 Å². The first kappa shape index (κ1) is 15.8. The number of amides is 1. The highest BCUT2D eigenvalue weighted by atomic mass is 16.6. The number of aromatic nitrogens is 2. The number of nitrogens with zero attached hydrogens (tertiary/aromatic N) is 2. The van der Waals surface area contributed by atoms with Crippen molar-refractivity contribution in [1.29, 1.82) is 0 Å². The molecule has 0 radical (unpaired) electrons. The molecule has 118 valence electrons. The third-order valence-corrected chi connectivity index (χ3v) is 3.59. The fraction of sp³-hybridized carbons (Fsp3) is 0.733. The summed E-state index contributed by atoms with van der Waals surface area (Å²) >= 11 is 0. The lowest BCUT2D eigenvalue weighted by Crippen LogP contribution is -2.35. The number of nitrogens with one attached hydrogen (secondary N) is 1. The van der Waals surface area contributed by atoms with E-state index in [1.807, 2.05) is 33.3 Å². The van der Waals surface area contributed by atoms with Crippen molar-refractivity contribution in [2.75, 3.05) is 13.7 Å². The van der Waals surface area contributed by atoms with Gasteiger partial charge < -0.3 is 19.4 Å². The van der Waals surface area contributed by atoms with E-state index in [9.17, 15) is 4.79 Å². The van der Waals surface area contributed by atoms with Gasteiger partial charge in [-0.2, -0.15) is 0 Å². The maximum atomic E-state index is 11.6. The summed E-state index contributed by atoms with van der Waals surface area (Å²) in [6, 6.07) is 0.467. The topological polar surface area (TPSA) is 65.4 Å². The molecule has 6 nitrogen and oxygen atoms in total. The Bertz CT molecular complexity index is 473. The highest BCUT2D eigenvalue weighted by Crippen LogP contribution is 2.34. The lowest BCUT2D eigenvalue weighted by atomic mass is 9.89. The van der Waals surface area contributed by atoms with Crippen molar-refractivity contribution in [3.63, 3.8) is 0 Å². The van der Waals surface area contributed by atoms with Gasteiger partial charge in [0.25, 0.3) is 0 Å². The number of methoxy groups -OCH3 is 1. The average molecular weight is 295 g/mol. The second-order valence-corrected chi connectivity index (χ2v) is 6.45. The maximum Gasteiger partial charge on any atom is 0.407 e. The normalized spacial score (nSPS) is 21.7. The molecule has 0 atom stereocenters. The van der Waals surface area contributed by atoms with Crippen molar-refractivity contribution in [2.45, 2.75) is 57.8 Å². The summed E-state index contributed by atoms with van der Waals surface area (Å²) in [5.74, 6) is 0. The molecule has 1 heterocycles. The first-order valence-corrected chi connectivity index (χ1v) is 7.39. The maximum absolute atomic E-state index is 11.6. The Balaban J connectivity index is 1.77. The molecular formula is C15H25N3O3. The van der Waals surface area contributed by atoms with Crippen LogP contribution in [0.3, 0.4) is 0 Å². The summed E-state index contributed by atoms with van der Waals surface area (Å²) in [7, 11) is 1.75. The van der Waals surface area contributed by atoms with Crippen molar-refractivity contribution >= 4 is 6.09 Å². The molecule has 2 rings (SSSR count). The van der Waals surface area contributed by atoms with Crippen LogP contribution in [0.15, 0.2) is 12.5 Å². The largest absolute Gasteiger partial charge is 0.444 e. The molecule has 21 heavy (non-hydrogen) atoms. The van der Waals surface area contributed by atoms with E-state index in [2.05, 4.69) is 14.9 Å². The zero-order valence-corrected chi connectivity index (χ0v) is 13.3. The second kappa shape index (κ2) is 6.47. The molecule has 1 fully saturated rings. The van der Waals surface area contributed by atoms with E-state index in [1.165, 1.54) is 0 Å². The minimum absolute atomic E-state index is 0.366. The lowest BCUT2D eigenvalue weighted by Gasteiger charge is -2.35. The fourth-order valence-corrected chi connectivity index (χ4v) is 2.42. The second-order valence-electron chi connectivity index (χ2n) is 6.45. The van der Waals surface area contributed by atoms with Gasteiger partial charge in [0.2, 0.25) is 0 Å². The predicted octanol–water partition coefficient (Wildman–Crippen LogP) is 2.30. The molecule has 0 unspecified atom stereocenters. The molecule has 0 aliphatic heterocycles. The third kappa shape index (κ3) is 4.46. The molecular weight excluding hydrogens is 270 g/mol. The van der Waals surface area contributed by atoms with Gasteiger partial charge in [0.15, 0.2) is 0 Å². The Hall–Kier alpha value is -1.56. The van der Waals surface area contributed by atoms with Crippen LogP contribution in [0.5, 0.6) is 0 Å². The number of rotatable bonds is 5. The quantitative estimate of drug-likeness (QED) is 0.905. The van der Waals surface area contributed by atoms with Crippen LogP contribution in [-0.4, -0.2) is 41.0 Å². The molecule has 0 saturated heterocycles. The minimum atomic E-state index is -0.465. The number of carbonyl (C=O) groups is 1. The van der Waals surface area contributed by atoms with Crippen molar-refractivity contribution in [3.8, 4) is 0 Å². The van der Waals surface area contributed by atoms with Gasteiger partial charge >= 0.3 is 6.09 Å². The van der Waals surface area contributed by atoms with E-state index < -0.39 is 5.60 Å². The summed E-state index contributed by atoms with van der Waals surface area (Å²) in [4.78, 5) is 15.8. The Kier molecular flexibility index (Phi) is 4.88. The number of carbonyl (C=O) groups excluding carboxylic acids is 1. The van der Waals surface area contributed by atoms with Crippen molar-refractivity contribution in [3.05, 3.63) is 18.2 Å². The van der Waals surface area contributed by atoms with Gasteiger partial charge in [0.1, 0.15) is 5.60 Å². The first-order chi connectivity index (χ1) is 9.89. The summed E-state index contributed by atoms with van der Waals surface area (Å²) in [6.07, 6.45) is 6.50. The summed E-state index contributed by atoms with van der Waals surface area (Å²) < 4.78 is 12.7. The molecule has 1 aliphatic rings. The Morgan fingerprint density at radius 1 is 1.48 bits per heavy atom. The van der Waals surface area contributed by atoms with Gasteiger partial charge in [-0.1, -0.05) is 0 Å². The van der Waals surface area contributed by atoms with Crippen molar-refractivity contribution in [1.82, 2.24) is 14.9 Å². The van der Waals surface area contributed by atoms with Crippen molar-refractivity contribution in [2.24, 2.45) is 0 Å². The molecule has 1 amide bonds. The Morgan fingerprint density at radius 3 is 2.81 bits per heavy atom. The van der Waals surface area contributed by atoms with E-state index in [0.717, 1.165) is 25.0 Å². The third-order valence-electron chi connectivity index (χ3n) is 3.59. The molecule has 1 aromatic heterocycles. The van der Waals surface area contributed by atoms with Gasteiger partial charge in [-0.05, 0) is 33.6 Å². The SMILES string of the molecule is COC1CC(n2cncc2CCNC(=O)OC(C)(C)C)C1. The van der Waals surface area contributed by atoms with E-state index in [4.69, 9.17) is 9.47 Å². The zero-order chi connectivity index (χ0) is 15.5. The Morgan fingerprint density at radius 2 is 2.19 bits per heavy atom. The average Bonchev–Trinajstić information content (AvgIpc) is 2.74. The van der Waals surface area contributed by atoms with Gasteiger partial charge in [-0.15, -0.1) is 0 Å². The zero-order valence-electron chi connectivity index (χ0n) is 13.3.